The number of carbonyl (C=O) groups is 1. The summed E-state index contributed by atoms with van der Waals surface area (Å²) < 4.78 is 35.4. The summed E-state index contributed by atoms with van der Waals surface area (Å²) >= 11 is 0. The molecule has 8 nitrogen and oxygen atoms in total. The molecule has 2 heterocycles. The molecule has 34 heavy (non-hydrogen) atoms. The van der Waals surface area contributed by atoms with Crippen molar-refractivity contribution in [3.63, 3.8) is 0 Å². The van der Waals surface area contributed by atoms with Gasteiger partial charge in [-0.3, -0.25) is 4.79 Å². The van der Waals surface area contributed by atoms with Gasteiger partial charge in [-0.1, -0.05) is 27.7 Å². The maximum Gasteiger partial charge on any atom is 0.243 e. The highest BCUT2D eigenvalue weighted by atomic mass is 32.2. The third-order valence-electron chi connectivity index (χ3n) is 6.44. The van der Waals surface area contributed by atoms with Gasteiger partial charge in [-0.2, -0.15) is 4.31 Å². The number of likely N-dealkylation sites (tertiary alicyclic amines) is 1. The van der Waals surface area contributed by atoms with Crippen LogP contribution in [0.25, 0.3) is 11.0 Å². The van der Waals surface area contributed by atoms with Crippen molar-refractivity contribution in [2.45, 2.75) is 83.8 Å². The molecular formula is C25H40N4O4S. The first-order chi connectivity index (χ1) is 16.3. The number of nitrogens with zero attached hydrogens (tertiary/aromatic N) is 4. The first-order valence-electron chi connectivity index (χ1n) is 12.7. The molecule has 1 amide bonds. The van der Waals surface area contributed by atoms with Gasteiger partial charge in [-0.25, -0.2) is 13.4 Å². The zero-order chi connectivity index (χ0) is 24.7. The Morgan fingerprint density at radius 3 is 2.62 bits per heavy atom. The summed E-state index contributed by atoms with van der Waals surface area (Å²) in [6, 6.07) is 5.18. The summed E-state index contributed by atoms with van der Waals surface area (Å²) in [4.78, 5) is 19.9. The van der Waals surface area contributed by atoms with Crippen molar-refractivity contribution in [2.24, 2.45) is 0 Å². The number of hydrogen-bond acceptors (Lipinski definition) is 5. The number of amides is 1. The zero-order valence-corrected chi connectivity index (χ0v) is 21.9. The van der Waals surface area contributed by atoms with Crippen LogP contribution in [0.3, 0.4) is 0 Å². The Bertz CT molecular complexity index is 1060. The maximum absolute atomic E-state index is 13.0. The van der Waals surface area contributed by atoms with Crippen LogP contribution in [0.1, 0.15) is 65.6 Å². The van der Waals surface area contributed by atoms with E-state index in [1.165, 1.54) is 4.31 Å². The van der Waals surface area contributed by atoms with Crippen molar-refractivity contribution in [1.82, 2.24) is 18.8 Å². The molecule has 1 aliphatic heterocycles. The molecule has 0 aliphatic carbocycles. The minimum Gasteiger partial charge on any atom is -0.376 e. The van der Waals surface area contributed by atoms with Gasteiger partial charge >= 0.3 is 0 Å². The first kappa shape index (κ1) is 26.6. The van der Waals surface area contributed by atoms with Gasteiger partial charge in [0.25, 0.3) is 0 Å². The number of aromatic nitrogens is 2. The topological polar surface area (TPSA) is 84.7 Å². The van der Waals surface area contributed by atoms with Crippen molar-refractivity contribution in [1.29, 1.82) is 0 Å². The van der Waals surface area contributed by atoms with Gasteiger partial charge in [0.2, 0.25) is 15.9 Å². The molecule has 0 N–H and O–H groups in total. The molecule has 1 fully saturated rings. The van der Waals surface area contributed by atoms with Crippen molar-refractivity contribution >= 4 is 27.0 Å². The van der Waals surface area contributed by atoms with Crippen molar-refractivity contribution < 1.29 is 17.9 Å². The average Bonchev–Trinajstić information content (AvgIpc) is 3.18. The van der Waals surface area contributed by atoms with E-state index in [2.05, 4.69) is 18.4 Å². The SMILES string of the molecule is CCCOC1CCCN(C(=O)CCc2nc3cc(S(=O)(=O)N(CC)CC)ccc3n2CCC)C1. The number of aryl methyl sites for hydroxylation is 2. The fourth-order valence-electron chi connectivity index (χ4n) is 4.66. The van der Waals surface area contributed by atoms with E-state index in [-0.39, 0.29) is 16.9 Å². The van der Waals surface area contributed by atoms with Crippen LogP contribution in [0.15, 0.2) is 23.1 Å². The molecule has 1 aromatic heterocycles. The predicted molar refractivity (Wildman–Crippen MR) is 134 cm³/mol. The lowest BCUT2D eigenvalue weighted by atomic mass is 10.1. The number of ether oxygens (including phenoxy) is 1. The van der Waals surface area contributed by atoms with Crippen LogP contribution in [0, 0.1) is 0 Å². The van der Waals surface area contributed by atoms with Gasteiger partial charge in [0.15, 0.2) is 0 Å². The van der Waals surface area contributed by atoms with E-state index in [0.29, 0.717) is 38.0 Å². The Hall–Kier alpha value is -1.97. The van der Waals surface area contributed by atoms with Crippen molar-refractivity contribution in [2.75, 3.05) is 32.8 Å². The summed E-state index contributed by atoms with van der Waals surface area (Å²) in [5.74, 6) is 0.961. The molecule has 0 spiro atoms. The average molecular weight is 493 g/mol. The van der Waals surface area contributed by atoms with Gasteiger partial charge in [0.05, 0.1) is 22.0 Å². The Morgan fingerprint density at radius 1 is 1.18 bits per heavy atom. The fraction of sp³-hybridized carbons (Fsp3) is 0.680. The van der Waals surface area contributed by atoms with E-state index in [1.807, 2.05) is 24.8 Å². The smallest absolute Gasteiger partial charge is 0.243 e. The molecule has 1 aliphatic rings. The molecule has 9 heteroatoms. The van der Waals surface area contributed by atoms with Crippen LogP contribution >= 0.6 is 0 Å². The monoisotopic (exact) mass is 492 g/mol. The number of benzene rings is 1. The first-order valence-corrected chi connectivity index (χ1v) is 14.2. The summed E-state index contributed by atoms with van der Waals surface area (Å²) in [5, 5.41) is 0. The van der Waals surface area contributed by atoms with Crippen LogP contribution in [0.2, 0.25) is 0 Å². The van der Waals surface area contributed by atoms with E-state index in [9.17, 15) is 13.2 Å². The van der Waals surface area contributed by atoms with E-state index >= 15 is 0 Å². The number of rotatable bonds is 12. The second-order valence-corrected chi connectivity index (χ2v) is 10.8. The lowest BCUT2D eigenvalue weighted by molar-refractivity contribution is -0.135. The predicted octanol–water partition coefficient (Wildman–Crippen LogP) is 3.83. The van der Waals surface area contributed by atoms with E-state index in [4.69, 9.17) is 9.72 Å². The van der Waals surface area contributed by atoms with Crippen LogP contribution in [0.5, 0.6) is 0 Å². The molecule has 0 radical (unpaired) electrons. The van der Waals surface area contributed by atoms with Crippen molar-refractivity contribution in [3.8, 4) is 0 Å². The molecule has 3 rings (SSSR count). The van der Waals surface area contributed by atoms with E-state index in [1.54, 1.807) is 12.1 Å². The number of hydrogen-bond donors (Lipinski definition) is 0. The highest BCUT2D eigenvalue weighted by molar-refractivity contribution is 7.89. The van der Waals surface area contributed by atoms with Crippen LogP contribution in [-0.4, -0.2) is 72.0 Å². The number of imidazole rings is 1. The van der Waals surface area contributed by atoms with Crippen LogP contribution < -0.4 is 0 Å². The molecule has 190 valence electrons. The molecule has 0 saturated carbocycles. The summed E-state index contributed by atoms with van der Waals surface area (Å²) in [7, 11) is -3.55. The van der Waals surface area contributed by atoms with Crippen molar-refractivity contribution in [3.05, 3.63) is 24.0 Å². The van der Waals surface area contributed by atoms with Gasteiger partial charge < -0.3 is 14.2 Å². The lowest BCUT2D eigenvalue weighted by Gasteiger charge is -2.32. The Morgan fingerprint density at radius 2 is 1.94 bits per heavy atom. The van der Waals surface area contributed by atoms with Crippen LogP contribution in [0.4, 0.5) is 0 Å². The second-order valence-electron chi connectivity index (χ2n) is 8.89. The molecular weight excluding hydrogens is 452 g/mol. The zero-order valence-electron chi connectivity index (χ0n) is 21.1. The molecule has 2 aromatic rings. The summed E-state index contributed by atoms with van der Waals surface area (Å²) in [6.45, 7) is 11.7. The lowest BCUT2D eigenvalue weighted by Crippen LogP contribution is -2.43. The van der Waals surface area contributed by atoms with Gasteiger partial charge in [-0.05, 0) is 43.9 Å². The highest BCUT2D eigenvalue weighted by Gasteiger charge is 2.25. The highest BCUT2D eigenvalue weighted by Crippen LogP contribution is 2.24. The fourth-order valence-corrected chi connectivity index (χ4v) is 6.14. The third kappa shape index (κ3) is 5.98. The summed E-state index contributed by atoms with van der Waals surface area (Å²) in [5.41, 5.74) is 1.57. The third-order valence-corrected chi connectivity index (χ3v) is 8.49. The van der Waals surface area contributed by atoms with Gasteiger partial charge in [0, 0.05) is 52.2 Å². The number of piperidine rings is 1. The molecule has 1 unspecified atom stereocenters. The normalized spacial score (nSPS) is 17.1. The quantitative estimate of drug-likeness (QED) is 0.450. The maximum atomic E-state index is 13.0. The summed E-state index contributed by atoms with van der Waals surface area (Å²) in [6.07, 6.45) is 4.94. The second kappa shape index (κ2) is 12.1. The molecule has 1 saturated heterocycles. The number of fused-ring (bicyclic) bond motifs is 1. The molecule has 1 atom stereocenters. The van der Waals surface area contributed by atoms with Gasteiger partial charge in [-0.15, -0.1) is 0 Å². The number of sulfonamides is 1. The molecule has 1 aromatic carbocycles. The Labute approximate surface area is 204 Å². The standard InChI is InChI=1S/C25H40N4O4S/c1-5-15-29-23-12-11-21(34(31,32)28(7-3)8-4)18-22(23)26-24(29)13-14-25(30)27-16-9-10-20(19-27)33-17-6-2/h11-12,18,20H,5-10,13-17,19H2,1-4H3. The van der Waals surface area contributed by atoms with Gasteiger partial charge in [0.1, 0.15) is 5.82 Å². The molecule has 0 bridgehead atoms. The Kier molecular flexibility index (Phi) is 9.50. The minimum absolute atomic E-state index is 0.129. The van der Waals surface area contributed by atoms with E-state index < -0.39 is 10.0 Å². The number of carbonyl (C=O) groups excluding carboxylic acids is 1. The Balaban J connectivity index is 1.78. The minimum atomic E-state index is -3.55. The largest absolute Gasteiger partial charge is 0.376 e. The van der Waals surface area contributed by atoms with E-state index in [0.717, 1.165) is 56.7 Å². The van der Waals surface area contributed by atoms with Crippen LogP contribution in [-0.2, 0) is 32.5 Å².